The average molecular weight is 663 g/mol. The highest BCUT2D eigenvalue weighted by atomic mass is 32.2. The highest BCUT2D eigenvalue weighted by Gasteiger charge is 2.20. The van der Waals surface area contributed by atoms with E-state index in [9.17, 15) is 29.3 Å². The number of nitro benzene ring substituents is 1. The molecular weight excluding hydrogens is 632 g/mol. The molecule has 13 heteroatoms. The van der Waals surface area contributed by atoms with Gasteiger partial charge in [-0.2, -0.15) is 0 Å². The van der Waals surface area contributed by atoms with Gasteiger partial charge in [0, 0.05) is 29.3 Å². The lowest BCUT2D eigenvalue weighted by Gasteiger charge is -2.12. The lowest BCUT2D eigenvalue weighted by Crippen LogP contribution is -2.30. The number of hydrogen-bond acceptors (Lipinski definition) is 7. The van der Waals surface area contributed by atoms with Gasteiger partial charge in [-0.25, -0.2) is 4.68 Å². The summed E-state index contributed by atoms with van der Waals surface area (Å²) in [5.74, 6) is -1.59. The molecule has 4 aromatic carbocycles. The van der Waals surface area contributed by atoms with Crippen molar-refractivity contribution in [3.05, 3.63) is 152 Å². The van der Waals surface area contributed by atoms with Crippen molar-refractivity contribution in [1.82, 2.24) is 14.7 Å². The average Bonchev–Trinajstić information content (AvgIpc) is 3.31. The summed E-state index contributed by atoms with van der Waals surface area (Å²) in [5, 5.41) is 19.6. The molecule has 0 aliphatic heterocycles. The van der Waals surface area contributed by atoms with E-state index in [2.05, 4.69) is 16.0 Å². The van der Waals surface area contributed by atoms with Crippen LogP contribution in [-0.2, 0) is 16.6 Å². The summed E-state index contributed by atoms with van der Waals surface area (Å²) in [6.07, 6.45) is 1.25. The number of thioether (sulfide) groups is 1. The molecule has 5 aromatic rings. The topological polar surface area (TPSA) is 157 Å². The van der Waals surface area contributed by atoms with Gasteiger partial charge in [0.15, 0.2) is 0 Å². The van der Waals surface area contributed by atoms with E-state index >= 15 is 0 Å². The third-order valence-electron chi connectivity index (χ3n) is 7.26. The zero-order valence-corrected chi connectivity index (χ0v) is 26.7. The fourth-order valence-electron chi connectivity index (χ4n) is 4.74. The molecule has 0 saturated heterocycles. The molecule has 0 fully saturated rings. The summed E-state index contributed by atoms with van der Waals surface area (Å²) in [4.78, 5) is 63.9. The van der Waals surface area contributed by atoms with Gasteiger partial charge in [-0.15, -0.1) is 11.8 Å². The summed E-state index contributed by atoms with van der Waals surface area (Å²) in [6.45, 7) is 1.76. The van der Waals surface area contributed by atoms with Gasteiger partial charge in [0.05, 0.1) is 27.6 Å². The first-order valence-corrected chi connectivity index (χ1v) is 15.6. The Hall–Kier alpha value is -6.21. The van der Waals surface area contributed by atoms with Crippen LogP contribution in [0.1, 0.15) is 21.6 Å². The number of nitrogens with one attached hydrogen (secondary N) is 3. The number of carbonyl (C=O) groups excluding carboxylic acids is 3. The van der Waals surface area contributed by atoms with Crippen LogP contribution in [-0.4, -0.2) is 37.8 Å². The Balaban J connectivity index is 1.26. The van der Waals surface area contributed by atoms with Gasteiger partial charge in [-0.3, -0.25) is 34.0 Å². The van der Waals surface area contributed by atoms with Crippen LogP contribution in [0.5, 0.6) is 0 Å². The molecule has 0 bridgehead atoms. The lowest BCUT2D eigenvalue weighted by molar-refractivity contribution is -0.385. The molecule has 3 N–H and O–H groups in total. The SMILES string of the molecule is Cc1c(NC(=O)CSc2ccc(NC(=O)/C(=C/c3ccccc3[N+](=O)[O-])NC(=O)c3ccccc3)cc2)c(=O)n(-c2ccccc2)n1C. The van der Waals surface area contributed by atoms with Gasteiger partial charge >= 0.3 is 0 Å². The Labute approximate surface area is 279 Å². The van der Waals surface area contributed by atoms with Gasteiger partial charge in [0.25, 0.3) is 23.1 Å². The third kappa shape index (κ3) is 7.77. The van der Waals surface area contributed by atoms with Crippen LogP contribution in [0.2, 0.25) is 0 Å². The minimum atomic E-state index is -0.698. The summed E-state index contributed by atoms with van der Waals surface area (Å²) in [6, 6.07) is 29.9. The van der Waals surface area contributed by atoms with E-state index in [1.54, 1.807) is 79.3 Å². The maximum Gasteiger partial charge on any atom is 0.295 e. The summed E-state index contributed by atoms with van der Waals surface area (Å²) in [5.41, 5.74) is 1.54. The molecule has 1 aromatic heterocycles. The second kappa shape index (κ2) is 14.9. The van der Waals surface area contributed by atoms with Crippen LogP contribution in [0.15, 0.2) is 125 Å². The number of carbonyl (C=O) groups is 3. The van der Waals surface area contributed by atoms with E-state index in [-0.39, 0.29) is 39.9 Å². The number of amides is 3. The van der Waals surface area contributed by atoms with Crippen LogP contribution >= 0.6 is 11.8 Å². The van der Waals surface area contributed by atoms with E-state index < -0.39 is 16.7 Å². The highest BCUT2D eigenvalue weighted by molar-refractivity contribution is 8.00. The second-order valence-corrected chi connectivity index (χ2v) is 11.5. The zero-order chi connectivity index (χ0) is 34.2. The number of aromatic nitrogens is 2. The van der Waals surface area contributed by atoms with Gasteiger partial charge in [-0.05, 0) is 67.6 Å². The van der Waals surface area contributed by atoms with Crippen LogP contribution in [0.4, 0.5) is 17.1 Å². The predicted octanol–water partition coefficient (Wildman–Crippen LogP) is 5.53. The first-order chi connectivity index (χ1) is 23.1. The number of benzene rings is 4. The molecule has 242 valence electrons. The molecule has 0 aliphatic rings. The maximum absolute atomic E-state index is 13.4. The third-order valence-corrected chi connectivity index (χ3v) is 8.27. The summed E-state index contributed by atoms with van der Waals surface area (Å²) in [7, 11) is 1.75. The molecule has 0 aliphatic carbocycles. The number of nitro groups is 1. The smallest absolute Gasteiger partial charge is 0.295 e. The van der Waals surface area contributed by atoms with Crippen LogP contribution < -0.4 is 21.5 Å². The van der Waals surface area contributed by atoms with Crippen LogP contribution in [0.3, 0.4) is 0 Å². The van der Waals surface area contributed by atoms with Crippen molar-refractivity contribution in [2.24, 2.45) is 7.05 Å². The molecule has 0 saturated carbocycles. The Bertz CT molecular complexity index is 2070. The van der Waals surface area contributed by atoms with Crippen molar-refractivity contribution in [2.75, 3.05) is 16.4 Å². The molecule has 0 unspecified atom stereocenters. The largest absolute Gasteiger partial charge is 0.321 e. The molecule has 48 heavy (non-hydrogen) atoms. The Kier molecular flexibility index (Phi) is 10.3. The predicted molar refractivity (Wildman–Crippen MR) is 185 cm³/mol. The molecule has 0 atom stereocenters. The monoisotopic (exact) mass is 662 g/mol. The highest BCUT2D eigenvalue weighted by Crippen LogP contribution is 2.23. The summed E-state index contributed by atoms with van der Waals surface area (Å²) >= 11 is 1.24. The first kappa shape index (κ1) is 33.2. The number of anilines is 2. The fraction of sp³-hybridized carbons (Fsp3) is 0.0857. The lowest BCUT2D eigenvalue weighted by atomic mass is 10.1. The number of nitrogens with zero attached hydrogens (tertiary/aromatic N) is 3. The molecule has 0 spiro atoms. The van der Waals surface area contributed by atoms with Crippen molar-refractivity contribution < 1.29 is 19.3 Å². The van der Waals surface area contributed by atoms with Crippen molar-refractivity contribution in [1.29, 1.82) is 0 Å². The minimum absolute atomic E-state index is 0.0269. The quantitative estimate of drug-likeness (QED) is 0.0726. The van der Waals surface area contributed by atoms with Crippen LogP contribution in [0.25, 0.3) is 11.8 Å². The Morgan fingerprint density at radius 2 is 1.48 bits per heavy atom. The van der Waals surface area contributed by atoms with E-state index in [1.165, 1.54) is 40.7 Å². The van der Waals surface area contributed by atoms with E-state index in [0.29, 0.717) is 22.6 Å². The normalized spacial score (nSPS) is 11.1. The van der Waals surface area contributed by atoms with Crippen molar-refractivity contribution in [2.45, 2.75) is 11.8 Å². The second-order valence-electron chi connectivity index (χ2n) is 10.4. The van der Waals surface area contributed by atoms with Gasteiger partial charge in [-0.1, -0.05) is 48.5 Å². The first-order valence-electron chi connectivity index (χ1n) is 14.6. The van der Waals surface area contributed by atoms with Crippen molar-refractivity contribution >= 4 is 52.6 Å². The van der Waals surface area contributed by atoms with Gasteiger partial charge < -0.3 is 16.0 Å². The van der Waals surface area contributed by atoms with Crippen molar-refractivity contribution in [3.8, 4) is 5.69 Å². The molecule has 1 heterocycles. The van der Waals surface area contributed by atoms with E-state index in [4.69, 9.17) is 0 Å². The van der Waals surface area contributed by atoms with Crippen molar-refractivity contribution in [3.63, 3.8) is 0 Å². The number of rotatable bonds is 11. The van der Waals surface area contributed by atoms with Gasteiger partial charge in [0.1, 0.15) is 11.4 Å². The van der Waals surface area contributed by atoms with Gasteiger partial charge in [0.2, 0.25) is 5.91 Å². The Morgan fingerprint density at radius 1 is 0.854 bits per heavy atom. The standard InChI is InChI=1S/C35H30N6O6S/c1-23-32(35(45)40(39(23)2)27-14-7-4-8-15-27)38-31(42)22-48-28-19-17-26(18-20-28)36-34(44)29(37-33(43)24-11-5-3-6-12-24)21-25-13-9-10-16-30(25)41(46)47/h3-21H,22H2,1-2H3,(H,36,44)(H,37,43)(H,38,42)/b29-21-. The Morgan fingerprint density at radius 3 is 2.15 bits per heavy atom. The minimum Gasteiger partial charge on any atom is -0.321 e. The number of para-hydroxylation sites is 2. The van der Waals surface area contributed by atoms with E-state index in [0.717, 1.165) is 4.90 Å². The molecule has 12 nitrogen and oxygen atoms in total. The summed E-state index contributed by atoms with van der Waals surface area (Å²) < 4.78 is 3.17. The molecule has 3 amide bonds. The fourth-order valence-corrected chi connectivity index (χ4v) is 5.44. The maximum atomic E-state index is 13.4. The van der Waals surface area contributed by atoms with Crippen LogP contribution in [0, 0.1) is 17.0 Å². The number of hydrogen-bond donors (Lipinski definition) is 3. The molecule has 5 rings (SSSR count). The zero-order valence-electron chi connectivity index (χ0n) is 25.9. The van der Waals surface area contributed by atoms with E-state index in [1.807, 2.05) is 30.3 Å². The molecule has 0 radical (unpaired) electrons. The molecular formula is C35H30N6O6S.